The number of amides is 3. The van der Waals surface area contributed by atoms with Crippen LogP contribution in [-0.2, 0) is 0 Å². The number of methoxy groups -OCH3 is 1. The van der Waals surface area contributed by atoms with Crippen LogP contribution in [0.2, 0.25) is 0 Å². The van der Waals surface area contributed by atoms with E-state index in [1.165, 1.54) is 48.4 Å². The van der Waals surface area contributed by atoms with Crippen molar-refractivity contribution in [3.8, 4) is 5.75 Å². The first-order chi connectivity index (χ1) is 13.5. The highest BCUT2D eigenvalue weighted by atomic mass is 16.6. The Morgan fingerprint density at radius 2 is 1.72 bits per heavy atom. The number of non-ortho nitro benzene ring substituents is 1. The third-order valence-corrected chi connectivity index (χ3v) is 4.46. The molecule has 3 amide bonds. The van der Waals surface area contributed by atoms with Crippen LogP contribution in [0, 0.1) is 10.1 Å². The minimum absolute atomic E-state index is 0.124. The number of anilines is 1. The quantitative estimate of drug-likeness (QED) is 0.480. The predicted molar refractivity (Wildman–Crippen MR) is 104 cm³/mol. The molecule has 150 valence electrons. The average Bonchev–Trinajstić information content (AvgIpc) is 2.91. The van der Waals surface area contributed by atoms with Crippen LogP contribution in [-0.4, -0.2) is 40.2 Å². The molecule has 2 aromatic carbocycles. The fraction of sp³-hybridized carbons (Fsp3) is 0.250. The first-order valence-electron chi connectivity index (χ1n) is 8.71. The van der Waals surface area contributed by atoms with Gasteiger partial charge in [0.25, 0.3) is 23.4 Å². The van der Waals surface area contributed by atoms with Gasteiger partial charge in [0.05, 0.1) is 34.9 Å². The second-order valence-corrected chi connectivity index (χ2v) is 7.47. The molecule has 9 heteroatoms. The SMILES string of the molecule is COc1cc([N+](=O)[O-])ccc1NC(=O)c1ccc2c(c1)C(=O)N(C(C)(C)C)C2=O. The normalized spacial score (nSPS) is 13.3. The summed E-state index contributed by atoms with van der Waals surface area (Å²) in [5.41, 5.74) is -0.0587. The molecule has 29 heavy (non-hydrogen) atoms. The van der Waals surface area contributed by atoms with Crippen molar-refractivity contribution in [2.45, 2.75) is 26.3 Å². The average molecular weight is 397 g/mol. The maximum atomic E-state index is 12.7. The lowest BCUT2D eigenvalue weighted by Gasteiger charge is -2.29. The number of nitrogens with zero attached hydrogens (tertiary/aromatic N) is 2. The van der Waals surface area contributed by atoms with Gasteiger partial charge in [-0.2, -0.15) is 0 Å². The molecule has 0 spiro atoms. The first kappa shape index (κ1) is 20.0. The van der Waals surface area contributed by atoms with Gasteiger partial charge in [-0.05, 0) is 45.0 Å². The van der Waals surface area contributed by atoms with Crippen molar-refractivity contribution in [1.29, 1.82) is 0 Å². The number of carbonyl (C=O) groups excluding carboxylic acids is 3. The summed E-state index contributed by atoms with van der Waals surface area (Å²) in [6.07, 6.45) is 0. The number of rotatable bonds is 4. The molecular weight excluding hydrogens is 378 g/mol. The van der Waals surface area contributed by atoms with Gasteiger partial charge < -0.3 is 10.1 Å². The van der Waals surface area contributed by atoms with E-state index >= 15 is 0 Å². The smallest absolute Gasteiger partial charge is 0.273 e. The van der Waals surface area contributed by atoms with Gasteiger partial charge in [-0.3, -0.25) is 29.4 Å². The number of hydrogen-bond donors (Lipinski definition) is 1. The summed E-state index contributed by atoms with van der Waals surface area (Å²) in [5.74, 6) is -1.28. The number of hydrogen-bond acceptors (Lipinski definition) is 6. The topological polar surface area (TPSA) is 119 Å². The van der Waals surface area contributed by atoms with E-state index in [-0.39, 0.29) is 33.8 Å². The third kappa shape index (κ3) is 3.54. The second-order valence-electron chi connectivity index (χ2n) is 7.47. The summed E-state index contributed by atoms with van der Waals surface area (Å²) in [6, 6.07) is 8.06. The Labute approximate surface area is 166 Å². The van der Waals surface area contributed by atoms with Gasteiger partial charge in [0.1, 0.15) is 5.75 Å². The molecule has 1 heterocycles. The number of nitro groups is 1. The molecule has 0 unspecified atom stereocenters. The van der Waals surface area contributed by atoms with E-state index in [1.807, 2.05) is 0 Å². The van der Waals surface area contributed by atoms with Crippen molar-refractivity contribution < 1.29 is 24.0 Å². The molecule has 0 saturated heterocycles. The van der Waals surface area contributed by atoms with Crippen molar-refractivity contribution in [3.63, 3.8) is 0 Å². The molecule has 0 fully saturated rings. The van der Waals surface area contributed by atoms with Crippen molar-refractivity contribution >= 4 is 29.1 Å². The number of imide groups is 1. The number of fused-ring (bicyclic) bond motifs is 1. The van der Waals surface area contributed by atoms with Gasteiger partial charge in [0.15, 0.2) is 0 Å². The van der Waals surface area contributed by atoms with E-state index in [0.29, 0.717) is 0 Å². The van der Waals surface area contributed by atoms with Gasteiger partial charge in [0, 0.05) is 17.2 Å². The Kier molecular flexibility index (Phi) is 4.83. The molecule has 1 aliphatic heterocycles. The molecule has 2 aromatic rings. The maximum Gasteiger partial charge on any atom is 0.273 e. The Morgan fingerprint density at radius 3 is 2.31 bits per heavy atom. The highest BCUT2D eigenvalue weighted by molar-refractivity contribution is 6.22. The summed E-state index contributed by atoms with van der Waals surface area (Å²) in [6.45, 7) is 5.26. The van der Waals surface area contributed by atoms with E-state index < -0.39 is 28.2 Å². The van der Waals surface area contributed by atoms with E-state index in [1.54, 1.807) is 20.8 Å². The highest BCUT2D eigenvalue weighted by Crippen LogP contribution is 2.31. The van der Waals surface area contributed by atoms with Crippen LogP contribution in [0.3, 0.4) is 0 Å². The van der Waals surface area contributed by atoms with Crippen LogP contribution < -0.4 is 10.1 Å². The Morgan fingerprint density at radius 1 is 1.07 bits per heavy atom. The number of benzene rings is 2. The van der Waals surface area contributed by atoms with E-state index in [9.17, 15) is 24.5 Å². The van der Waals surface area contributed by atoms with E-state index in [2.05, 4.69) is 5.32 Å². The van der Waals surface area contributed by atoms with E-state index in [0.717, 1.165) is 0 Å². The van der Waals surface area contributed by atoms with Crippen LogP contribution in [0.15, 0.2) is 36.4 Å². The molecule has 0 atom stereocenters. The molecule has 0 saturated carbocycles. The number of nitrogens with one attached hydrogen (secondary N) is 1. The molecule has 0 bridgehead atoms. The zero-order valence-electron chi connectivity index (χ0n) is 16.3. The zero-order valence-corrected chi connectivity index (χ0v) is 16.3. The lowest BCUT2D eigenvalue weighted by molar-refractivity contribution is -0.384. The fourth-order valence-corrected chi connectivity index (χ4v) is 3.08. The first-order valence-corrected chi connectivity index (χ1v) is 8.71. The summed E-state index contributed by atoms with van der Waals surface area (Å²) >= 11 is 0. The lowest BCUT2D eigenvalue weighted by atomic mass is 10.1. The maximum absolute atomic E-state index is 12.7. The molecular formula is C20H19N3O6. The predicted octanol–water partition coefficient (Wildman–Crippen LogP) is 3.25. The summed E-state index contributed by atoms with van der Waals surface area (Å²) < 4.78 is 5.10. The van der Waals surface area contributed by atoms with Crippen LogP contribution >= 0.6 is 0 Å². The Hall–Kier alpha value is -3.75. The number of nitro benzene ring substituents is 1. The monoisotopic (exact) mass is 397 g/mol. The minimum Gasteiger partial charge on any atom is -0.494 e. The van der Waals surface area contributed by atoms with Crippen LogP contribution in [0.25, 0.3) is 0 Å². The van der Waals surface area contributed by atoms with Crippen molar-refractivity contribution in [1.82, 2.24) is 4.90 Å². The summed E-state index contributed by atoms with van der Waals surface area (Å²) in [7, 11) is 1.33. The van der Waals surface area contributed by atoms with Crippen molar-refractivity contribution in [2.24, 2.45) is 0 Å². The molecule has 3 rings (SSSR count). The van der Waals surface area contributed by atoms with Crippen LogP contribution in [0.5, 0.6) is 5.75 Å². The summed E-state index contributed by atoms with van der Waals surface area (Å²) in [5, 5.41) is 13.5. The molecule has 1 N–H and O–H groups in total. The molecule has 9 nitrogen and oxygen atoms in total. The van der Waals surface area contributed by atoms with Crippen molar-refractivity contribution in [3.05, 3.63) is 63.2 Å². The zero-order chi connectivity index (χ0) is 21.5. The Balaban J connectivity index is 1.90. The highest BCUT2D eigenvalue weighted by Gasteiger charge is 2.42. The van der Waals surface area contributed by atoms with Crippen LogP contribution in [0.4, 0.5) is 11.4 Å². The van der Waals surface area contributed by atoms with Crippen molar-refractivity contribution in [2.75, 3.05) is 12.4 Å². The standard InChI is InChI=1S/C20H19N3O6/c1-20(2,3)22-18(25)13-7-5-11(9-14(13)19(22)26)17(24)21-15-8-6-12(23(27)28)10-16(15)29-4/h5-10H,1-4H3,(H,21,24). The molecule has 0 aromatic heterocycles. The largest absolute Gasteiger partial charge is 0.494 e. The summed E-state index contributed by atoms with van der Waals surface area (Å²) in [4.78, 5) is 49.3. The lowest BCUT2D eigenvalue weighted by Crippen LogP contribution is -2.45. The van der Waals surface area contributed by atoms with Gasteiger partial charge in [0.2, 0.25) is 0 Å². The molecule has 0 aliphatic carbocycles. The van der Waals surface area contributed by atoms with Gasteiger partial charge in [-0.15, -0.1) is 0 Å². The van der Waals surface area contributed by atoms with Gasteiger partial charge >= 0.3 is 0 Å². The Bertz CT molecular complexity index is 1050. The van der Waals surface area contributed by atoms with E-state index in [4.69, 9.17) is 4.74 Å². The number of carbonyl (C=O) groups is 3. The van der Waals surface area contributed by atoms with Crippen LogP contribution in [0.1, 0.15) is 51.8 Å². The fourth-order valence-electron chi connectivity index (χ4n) is 3.08. The molecule has 1 aliphatic rings. The molecule has 0 radical (unpaired) electrons. The van der Waals surface area contributed by atoms with Gasteiger partial charge in [-0.1, -0.05) is 0 Å². The third-order valence-electron chi connectivity index (χ3n) is 4.46. The number of ether oxygens (including phenoxy) is 1. The second kappa shape index (κ2) is 7.01. The van der Waals surface area contributed by atoms with Gasteiger partial charge in [-0.25, -0.2) is 0 Å². The minimum atomic E-state index is -0.693.